The lowest BCUT2D eigenvalue weighted by Gasteiger charge is -2.32. The van der Waals surface area contributed by atoms with Gasteiger partial charge in [0.1, 0.15) is 6.04 Å². The number of fused-ring (bicyclic) bond motifs is 1. The summed E-state index contributed by atoms with van der Waals surface area (Å²) >= 11 is 12.7. The van der Waals surface area contributed by atoms with Crippen LogP contribution in [0.25, 0.3) is 10.8 Å². The van der Waals surface area contributed by atoms with Gasteiger partial charge in [-0.3, -0.25) is 9.59 Å². The Morgan fingerprint density at radius 2 is 1.61 bits per heavy atom. The molecular weight excluding hydrogens is 515 g/mol. The summed E-state index contributed by atoms with van der Waals surface area (Å²) in [7, 11) is 0. The summed E-state index contributed by atoms with van der Waals surface area (Å²) in [6.45, 7) is 2.76. The molecule has 0 aliphatic heterocycles. The SMILES string of the molecule is CCCNC(=O)[C@@H](Cc1ccccc1)N(Cc1ccc(Cl)cc1Cl)C(=O)CCc1cccc2ccccc12. The van der Waals surface area contributed by atoms with Crippen molar-refractivity contribution in [2.75, 3.05) is 6.54 Å². The Morgan fingerprint density at radius 3 is 2.37 bits per heavy atom. The Balaban J connectivity index is 1.65. The first-order valence-electron chi connectivity index (χ1n) is 13.0. The van der Waals surface area contributed by atoms with E-state index in [-0.39, 0.29) is 24.8 Å². The van der Waals surface area contributed by atoms with Crippen LogP contribution < -0.4 is 5.32 Å². The minimum atomic E-state index is -0.685. The van der Waals surface area contributed by atoms with Crippen LogP contribution in [0, 0.1) is 0 Å². The molecule has 0 bridgehead atoms. The van der Waals surface area contributed by atoms with Crippen LogP contribution in [0.3, 0.4) is 0 Å². The number of carbonyl (C=O) groups is 2. The maximum absolute atomic E-state index is 13.9. The highest BCUT2D eigenvalue weighted by atomic mass is 35.5. The fourth-order valence-corrected chi connectivity index (χ4v) is 5.12. The second kappa shape index (κ2) is 13.5. The fraction of sp³-hybridized carbons (Fsp3) is 0.250. The number of hydrogen-bond acceptors (Lipinski definition) is 2. The van der Waals surface area contributed by atoms with Crippen molar-refractivity contribution in [3.05, 3.63) is 118 Å². The normalized spacial score (nSPS) is 11.8. The van der Waals surface area contributed by atoms with Gasteiger partial charge in [-0.05, 0) is 52.4 Å². The molecule has 38 heavy (non-hydrogen) atoms. The Hall–Kier alpha value is -3.34. The van der Waals surface area contributed by atoms with Crippen LogP contribution in [0.15, 0.2) is 91.0 Å². The Bertz CT molecular complexity index is 1390. The van der Waals surface area contributed by atoms with Crippen molar-refractivity contribution in [3.63, 3.8) is 0 Å². The van der Waals surface area contributed by atoms with Gasteiger partial charge < -0.3 is 10.2 Å². The fourth-order valence-electron chi connectivity index (χ4n) is 4.65. The molecule has 1 atom stereocenters. The van der Waals surface area contributed by atoms with Gasteiger partial charge in [0.15, 0.2) is 0 Å². The standard InChI is InChI=1S/C32H32Cl2N2O2/c1-2-19-35-32(38)30(20-23-9-4-3-5-10-23)36(22-26-15-17-27(33)21-29(26)34)31(37)18-16-25-13-8-12-24-11-6-7-14-28(24)25/h3-15,17,21,30H,2,16,18-20,22H2,1H3,(H,35,38)/t30-/m1/s1. The molecule has 0 aliphatic rings. The van der Waals surface area contributed by atoms with Gasteiger partial charge in [0.2, 0.25) is 11.8 Å². The average Bonchev–Trinajstić information content (AvgIpc) is 2.93. The molecular formula is C32H32Cl2N2O2. The summed E-state index contributed by atoms with van der Waals surface area (Å²) in [5.74, 6) is -0.268. The summed E-state index contributed by atoms with van der Waals surface area (Å²) in [4.78, 5) is 29.1. The highest BCUT2D eigenvalue weighted by Crippen LogP contribution is 2.25. The Morgan fingerprint density at radius 1 is 0.868 bits per heavy atom. The summed E-state index contributed by atoms with van der Waals surface area (Å²) in [5.41, 5.74) is 2.84. The molecule has 4 rings (SSSR count). The van der Waals surface area contributed by atoms with Crippen molar-refractivity contribution in [1.82, 2.24) is 10.2 Å². The van der Waals surface area contributed by atoms with E-state index in [0.717, 1.165) is 33.9 Å². The lowest BCUT2D eigenvalue weighted by atomic mass is 9.99. The van der Waals surface area contributed by atoms with Crippen LogP contribution in [0.2, 0.25) is 10.0 Å². The van der Waals surface area contributed by atoms with Crippen molar-refractivity contribution < 1.29 is 9.59 Å². The zero-order chi connectivity index (χ0) is 26.9. The molecule has 0 saturated heterocycles. The van der Waals surface area contributed by atoms with Gasteiger partial charge in [0.25, 0.3) is 0 Å². The van der Waals surface area contributed by atoms with E-state index >= 15 is 0 Å². The molecule has 196 valence electrons. The Labute approximate surface area is 234 Å². The lowest BCUT2D eigenvalue weighted by molar-refractivity contribution is -0.141. The van der Waals surface area contributed by atoms with Gasteiger partial charge in [-0.25, -0.2) is 0 Å². The van der Waals surface area contributed by atoms with Crippen LogP contribution in [-0.4, -0.2) is 29.3 Å². The third-order valence-electron chi connectivity index (χ3n) is 6.66. The van der Waals surface area contributed by atoms with Gasteiger partial charge in [-0.2, -0.15) is 0 Å². The minimum Gasteiger partial charge on any atom is -0.354 e. The van der Waals surface area contributed by atoms with E-state index in [9.17, 15) is 9.59 Å². The van der Waals surface area contributed by atoms with Gasteiger partial charge in [-0.15, -0.1) is 0 Å². The first-order valence-corrected chi connectivity index (χ1v) is 13.7. The quantitative estimate of drug-likeness (QED) is 0.215. The topological polar surface area (TPSA) is 49.4 Å². The molecule has 6 heteroatoms. The average molecular weight is 548 g/mol. The number of amides is 2. The van der Waals surface area contributed by atoms with Crippen molar-refractivity contribution in [2.24, 2.45) is 0 Å². The number of hydrogen-bond donors (Lipinski definition) is 1. The Kier molecular flexibility index (Phi) is 9.80. The molecule has 0 radical (unpaired) electrons. The maximum Gasteiger partial charge on any atom is 0.243 e. The van der Waals surface area contributed by atoms with Crippen molar-refractivity contribution in [1.29, 1.82) is 0 Å². The zero-order valence-corrected chi connectivity index (χ0v) is 23.0. The highest BCUT2D eigenvalue weighted by molar-refractivity contribution is 6.35. The summed E-state index contributed by atoms with van der Waals surface area (Å²) < 4.78 is 0. The number of nitrogens with zero attached hydrogens (tertiary/aromatic N) is 1. The van der Waals surface area contributed by atoms with E-state index in [1.54, 1.807) is 17.0 Å². The summed E-state index contributed by atoms with van der Waals surface area (Å²) in [6, 6.07) is 28.7. The maximum atomic E-state index is 13.9. The molecule has 2 amide bonds. The van der Waals surface area contributed by atoms with E-state index in [1.165, 1.54) is 0 Å². The van der Waals surface area contributed by atoms with Crippen molar-refractivity contribution >= 4 is 45.8 Å². The van der Waals surface area contributed by atoms with Crippen LogP contribution in [0.1, 0.15) is 36.5 Å². The number of nitrogens with one attached hydrogen (secondary N) is 1. The second-order valence-corrected chi connectivity index (χ2v) is 10.2. The van der Waals surface area contributed by atoms with E-state index in [4.69, 9.17) is 23.2 Å². The first kappa shape index (κ1) is 27.7. The van der Waals surface area contributed by atoms with Crippen LogP contribution in [0.5, 0.6) is 0 Å². The molecule has 0 saturated carbocycles. The smallest absolute Gasteiger partial charge is 0.243 e. The molecule has 0 unspecified atom stereocenters. The molecule has 0 fully saturated rings. The van der Waals surface area contributed by atoms with E-state index < -0.39 is 6.04 Å². The molecule has 0 aromatic heterocycles. The molecule has 4 aromatic rings. The molecule has 0 heterocycles. The van der Waals surface area contributed by atoms with Crippen LogP contribution >= 0.6 is 23.2 Å². The number of benzene rings is 4. The van der Waals surface area contributed by atoms with E-state index in [1.807, 2.05) is 61.5 Å². The molecule has 0 aliphatic carbocycles. The number of halogens is 2. The van der Waals surface area contributed by atoms with Gasteiger partial charge >= 0.3 is 0 Å². The molecule has 4 nitrogen and oxygen atoms in total. The minimum absolute atomic E-state index is 0.100. The van der Waals surface area contributed by atoms with Crippen molar-refractivity contribution in [3.8, 4) is 0 Å². The van der Waals surface area contributed by atoms with Gasteiger partial charge in [-0.1, -0.05) is 109 Å². The third kappa shape index (κ3) is 7.15. The molecule has 4 aromatic carbocycles. The number of carbonyl (C=O) groups excluding carboxylic acids is 2. The number of rotatable bonds is 11. The summed E-state index contributed by atoms with van der Waals surface area (Å²) in [6.07, 6.45) is 2.05. The largest absolute Gasteiger partial charge is 0.354 e. The van der Waals surface area contributed by atoms with Crippen LogP contribution in [0.4, 0.5) is 0 Å². The van der Waals surface area contributed by atoms with Gasteiger partial charge in [0, 0.05) is 36.0 Å². The monoisotopic (exact) mass is 546 g/mol. The predicted octanol–water partition coefficient (Wildman–Crippen LogP) is 7.25. The van der Waals surface area contributed by atoms with Crippen LogP contribution in [-0.2, 0) is 29.0 Å². The van der Waals surface area contributed by atoms with Gasteiger partial charge in [0.05, 0.1) is 0 Å². The third-order valence-corrected chi connectivity index (χ3v) is 7.25. The molecule has 0 spiro atoms. The first-order chi connectivity index (χ1) is 18.5. The molecule has 1 N–H and O–H groups in total. The lowest BCUT2D eigenvalue weighted by Crippen LogP contribution is -2.50. The van der Waals surface area contributed by atoms with E-state index in [0.29, 0.717) is 29.4 Å². The second-order valence-electron chi connectivity index (χ2n) is 9.39. The highest BCUT2D eigenvalue weighted by Gasteiger charge is 2.30. The van der Waals surface area contributed by atoms with Crippen molar-refractivity contribution in [2.45, 2.75) is 45.2 Å². The number of aryl methyl sites for hydroxylation is 1. The summed E-state index contributed by atoms with van der Waals surface area (Å²) in [5, 5.41) is 6.28. The zero-order valence-electron chi connectivity index (χ0n) is 21.5. The van der Waals surface area contributed by atoms with E-state index in [2.05, 4.69) is 29.6 Å². The predicted molar refractivity (Wildman–Crippen MR) is 157 cm³/mol.